The van der Waals surface area contributed by atoms with E-state index in [9.17, 15) is 4.79 Å². The average molecular weight is 350 g/mol. The van der Waals surface area contributed by atoms with Crippen molar-refractivity contribution < 1.29 is 9.32 Å². The minimum atomic E-state index is -1.15. The Labute approximate surface area is 152 Å². The summed E-state index contributed by atoms with van der Waals surface area (Å²) in [7, 11) is 0. The Morgan fingerprint density at radius 3 is 2.42 bits per heavy atom. The van der Waals surface area contributed by atoms with Crippen molar-refractivity contribution in [2.75, 3.05) is 0 Å². The monoisotopic (exact) mass is 350 g/mol. The van der Waals surface area contributed by atoms with E-state index in [-0.39, 0.29) is 5.91 Å². The first-order valence-corrected chi connectivity index (χ1v) is 8.48. The molecule has 2 atom stereocenters. The van der Waals surface area contributed by atoms with Crippen LogP contribution in [0.25, 0.3) is 0 Å². The largest absolute Gasteiger partial charge is 0.343 e. The van der Waals surface area contributed by atoms with Crippen LogP contribution < -0.4 is 11.1 Å². The van der Waals surface area contributed by atoms with Crippen LogP contribution in [0.5, 0.6) is 0 Å². The molecule has 0 radical (unpaired) electrons. The van der Waals surface area contributed by atoms with E-state index in [0.717, 1.165) is 11.1 Å². The smallest absolute Gasteiger partial charge is 0.248 e. The van der Waals surface area contributed by atoms with Crippen molar-refractivity contribution in [1.29, 1.82) is 0 Å². The molecule has 2 unspecified atom stereocenters. The first kappa shape index (κ1) is 17.8. The zero-order chi connectivity index (χ0) is 18.6. The minimum absolute atomic E-state index is 0.306. The molecule has 6 nitrogen and oxygen atoms in total. The van der Waals surface area contributed by atoms with E-state index >= 15 is 0 Å². The Bertz CT molecular complexity index is 860. The molecule has 1 amide bonds. The van der Waals surface area contributed by atoms with E-state index in [4.69, 9.17) is 10.3 Å². The molecule has 0 fully saturated rings. The lowest BCUT2D eigenvalue weighted by Gasteiger charge is -2.25. The van der Waals surface area contributed by atoms with Crippen LogP contribution in [0.3, 0.4) is 0 Å². The molecule has 26 heavy (non-hydrogen) atoms. The normalized spacial score (nSPS) is 14.4. The molecule has 3 aromatic rings. The second-order valence-electron chi connectivity index (χ2n) is 6.47. The Morgan fingerprint density at radius 1 is 1.15 bits per heavy atom. The third-order valence-corrected chi connectivity index (χ3v) is 4.25. The average Bonchev–Trinajstić information content (AvgIpc) is 3.12. The summed E-state index contributed by atoms with van der Waals surface area (Å²) in [6.45, 7) is 3.47. The van der Waals surface area contributed by atoms with Gasteiger partial charge >= 0.3 is 0 Å². The first-order valence-electron chi connectivity index (χ1n) is 8.48. The summed E-state index contributed by atoms with van der Waals surface area (Å²) in [5, 5.41) is 6.84. The van der Waals surface area contributed by atoms with E-state index < -0.39 is 11.6 Å². The van der Waals surface area contributed by atoms with Gasteiger partial charge in [-0.3, -0.25) is 4.79 Å². The number of carbonyl (C=O) groups excluding carboxylic acids is 1. The standard InChI is InChI=1S/C20H22N4O2/c1-14(22-19(25)20(2,21)16-11-7-4-8-12-16)18-23-17(24-26-18)13-15-9-5-3-6-10-15/h3-12,14H,13,21H2,1-2H3,(H,22,25). The molecule has 0 aliphatic carbocycles. The number of nitrogens with one attached hydrogen (secondary N) is 1. The zero-order valence-corrected chi connectivity index (χ0v) is 14.8. The molecule has 1 heterocycles. The summed E-state index contributed by atoms with van der Waals surface area (Å²) in [5.74, 6) is 0.623. The third-order valence-electron chi connectivity index (χ3n) is 4.25. The molecule has 0 saturated carbocycles. The number of amides is 1. The molecule has 2 aromatic carbocycles. The summed E-state index contributed by atoms with van der Waals surface area (Å²) in [6.07, 6.45) is 0.573. The highest BCUT2D eigenvalue weighted by Crippen LogP contribution is 2.20. The van der Waals surface area contributed by atoms with Crippen molar-refractivity contribution in [1.82, 2.24) is 15.5 Å². The summed E-state index contributed by atoms with van der Waals surface area (Å²) in [5.41, 5.74) is 6.92. The summed E-state index contributed by atoms with van der Waals surface area (Å²) in [6, 6.07) is 18.7. The maximum absolute atomic E-state index is 12.6. The summed E-state index contributed by atoms with van der Waals surface area (Å²) >= 11 is 0. The van der Waals surface area contributed by atoms with Crippen LogP contribution in [0, 0.1) is 0 Å². The molecule has 0 aliphatic rings. The minimum Gasteiger partial charge on any atom is -0.343 e. The number of nitrogens with zero attached hydrogens (tertiary/aromatic N) is 2. The summed E-state index contributed by atoms with van der Waals surface area (Å²) in [4.78, 5) is 17.0. The number of hydrogen-bond donors (Lipinski definition) is 2. The van der Waals surface area contributed by atoms with Gasteiger partial charge in [0.15, 0.2) is 5.82 Å². The lowest BCUT2D eigenvalue weighted by atomic mass is 9.92. The van der Waals surface area contributed by atoms with Gasteiger partial charge in [0.1, 0.15) is 11.6 Å². The Balaban J connectivity index is 1.66. The quantitative estimate of drug-likeness (QED) is 0.713. The predicted molar refractivity (Wildman–Crippen MR) is 98.1 cm³/mol. The SMILES string of the molecule is CC(NC(=O)C(C)(N)c1ccccc1)c1nc(Cc2ccccc2)no1. The van der Waals surface area contributed by atoms with E-state index in [1.54, 1.807) is 13.8 Å². The molecular formula is C20H22N4O2. The second kappa shape index (κ2) is 7.49. The van der Waals surface area contributed by atoms with Gasteiger partial charge in [0.2, 0.25) is 11.8 Å². The number of rotatable bonds is 6. The van der Waals surface area contributed by atoms with Crippen LogP contribution in [-0.2, 0) is 16.8 Å². The molecule has 1 aromatic heterocycles. The van der Waals surface area contributed by atoms with Gasteiger partial charge < -0.3 is 15.6 Å². The van der Waals surface area contributed by atoms with Gasteiger partial charge in [0, 0.05) is 6.42 Å². The van der Waals surface area contributed by atoms with Crippen LogP contribution >= 0.6 is 0 Å². The molecule has 134 valence electrons. The molecule has 3 N–H and O–H groups in total. The van der Waals surface area contributed by atoms with E-state index in [0.29, 0.717) is 18.1 Å². The van der Waals surface area contributed by atoms with Crippen molar-refractivity contribution >= 4 is 5.91 Å². The highest BCUT2D eigenvalue weighted by Gasteiger charge is 2.32. The number of nitrogens with two attached hydrogens (primary N) is 1. The predicted octanol–water partition coefficient (Wildman–Crippen LogP) is 2.71. The van der Waals surface area contributed by atoms with Gasteiger partial charge in [-0.25, -0.2) is 0 Å². The first-order chi connectivity index (χ1) is 12.5. The van der Waals surface area contributed by atoms with Crippen molar-refractivity contribution in [2.45, 2.75) is 31.8 Å². The van der Waals surface area contributed by atoms with Gasteiger partial charge in [-0.1, -0.05) is 65.8 Å². The maximum Gasteiger partial charge on any atom is 0.248 e. The highest BCUT2D eigenvalue weighted by molar-refractivity contribution is 5.87. The van der Waals surface area contributed by atoms with Gasteiger partial charge in [0.25, 0.3) is 0 Å². The fraction of sp³-hybridized carbons (Fsp3) is 0.250. The fourth-order valence-electron chi connectivity index (χ4n) is 2.62. The molecular weight excluding hydrogens is 328 g/mol. The topological polar surface area (TPSA) is 94.0 Å². The lowest BCUT2D eigenvalue weighted by Crippen LogP contribution is -2.49. The van der Waals surface area contributed by atoms with Crippen molar-refractivity contribution in [3.63, 3.8) is 0 Å². The van der Waals surface area contributed by atoms with Crippen LogP contribution in [-0.4, -0.2) is 16.0 Å². The molecule has 0 bridgehead atoms. The van der Waals surface area contributed by atoms with Gasteiger partial charge in [0.05, 0.1) is 0 Å². The molecule has 6 heteroatoms. The summed E-state index contributed by atoms with van der Waals surface area (Å²) < 4.78 is 5.30. The Kier molecular flexibility index (Phi) is 5.14. The Hall–Kier alpha value is -2.99. The Morgan fingerprint density at radius 2 is 1.77 bits per heavy atom. The third kappa shape index (κ3) is 3.97. The van der Waals surface area contributed by atoms with E-state index in [1.807, 2.05) is 60.7 Å². The van der Waals surface area contributed by atoms with Crippen LogP contribution in [0.15, 0.2) is 65.2 Å². The number of aromatic nitrogens is 2. The van der Waals surface area contributed by atoms with Crippen LogP contribution in [0.2, 0.25) is 0 Å². The van der Waals surface area contributed by atoms with Crippen molar-refractivity contribution in [3.8, 4) is 0 Å². The van der Waals surface area contributed by atoms with Crippen LogP contribution in [0.4, 0.5) is 0 Å². The van der Waals surface area contributed by atoms with E-state index in [2.05, 4.69) is 15.5 Å². The van der Waals surface area contributed by atoms with Gasteiger partial charge in [-0.15, -0.1) is 0 Å². The lowest BCUT2D eigenvalue weighted by molar-refractivity contribution is -0.127. The van der Waals surface area contributed by atoms with Crippen LogP contribution in [0.1, 0.15) is 42.7 Å². The van der Waals surface area contributed by atoms with E-state index in [1.165, 1.54) is 0 Å². The second-order valence-corrected chi connectivity index (χ2v) is 6.47. The molecule has 0 aliphatic heterocycles. The highest BCUT2D eigenvalue weighted by atomic mass is 16.5. The molecule has 3 rings (SSSR count). The number of benzene rings is 2. The zero-order valence-electron chi connectivity index (χ0n) is 14.8. The molecule has 0 spiro atoms. The maximum atomic E-state index is 12.6. The van der Waals surface area contributed by atoms with Gasteiger partial charge in [-0.2, -0.15) is 4.98 Å². The van der Waals surface area contributed by atoms with Gasteiger partial charge in [-0.05, 0) is 25.0 Å². The van der Waals surface area contributed by atoms with Crippen molar-refractivity contribution in [3.05, 3.63) is 83.5 Å². The fourth-order valence-corrected chi connectivity index (χ4v) is 2.62. The molecule has 0 saturated heterocycles. The van der Waals surface area contributed by atoms with Crippen molar-refractivity contribution in [2.24, 2.45) is 5.73 Å². The number of hydrogen-bond acceptors (Lipinski definition) is 5. The number of carbonyl (C=O) groups is 1.